The number of aromatic nitrogens is 3. The molecule has 0 radical (unpaired) electrons. The van der Waals surface area contributed by atoms with Crippen LogP contribution in [0.3, 0.4) is 0 Å². The molecule has 1 amide bonds. The predicted octanol–water partition coefficient (Wildman–Crippen LogP) is 5.48. The molecule has 4 aromatic rings. The lowest BCUT2D eigenvalue weighted by molar-refractivity contribution is -0.136. The maximum absolute atomic E-state index is 12.0. The normalized spacial score (nSPS) is 16.1. The minimum Gasteiger partial charge on any atom is -0.355 e. The molecule has 184 valence electrons. The number of pyridine rings is 2. The van der Waals surface area contributed by atoms with Crippen molar-refractivity contribution in [1.29, 1.82) is 5.26 Å². The third kappa shape index (κ3) is 3.86. The summed E-state index contributed by atoms with van der Waals surface area (Å²) in [6.07, 6.45) is 4.11. The second-order valence-corrected chi connectivity index (χ2v) is 11.0. The number of benzene rings is 1. The minimum absolute atomic E-state index is 0.00639. The number of thiazole rings is 1. The number of aryl methyl sites for hydroxylation is 1. The van der Waals surface area contributed by atoms with Crippen LogP contribution in [0.1, 0.15) is 17.7 Å². The van der Waals surface area contributed by atoms with Crippen LogP contribution in [0, 0.1) is 23.7 Å². The van der Waals surface area contributed by atoms with Crippen LogP contribution in [0.25, 0.3) is 32.6 Å². The van der Waals surface area contributed by atoms with E-state index in [1.165, 1.54) is 6.08 Å². The van der Waals surface area contributed by atoms with E-state index in [2.05, 4.69) is 22.5 Å². The van der Waals surface area contributed by atoms with Crippen molar-refractivity contribution in [2.45, 2.75) is 13.3 Å². The van der Waals surface area contributed by atoms with E-state index in [1.54, 1.807) is 11.3 Å². The van der Waals surface area contributed by atoms with Gasteiger partial charge in [0.2, 0.25) is 5.91 Å². The first kappa shape index (κ1) is 23.6. The maximum atomic E-state index is 12.0. The van der Waals surface area contributed by atoms with E-state index in [9.17, 15) is 10.1 Å². The lowest BCUT2D eigenvalue weighted by Gasteiger charge is -2.47. The monoisotopic (exact) mass is 526 g/mol. The van der Waals surface area contributed by atoms with E-state index in [0.717, 1.165) is 41.2 Å². The van der Waals surface area contributed by atoms with Crippen molar-refractivity contribution in [1.82, 2.24) is 19.9 Å². The molecule has 3 aromatic heterocycles. The van der Waals surface area contributed by atoms with Crippen molar-refractivity contribution in [3.63, 3.8) is 0 Å². The SMILES string of the molecule is C=CC(=O)N1CC2(CCN(c3nc4cc(-c5scnc5C)cnc4c(-c4ccccc4Cl)c3C#N)C2)C1. The molecular formula is C28H23ClN6OS. The van der Waals surface area contributed by atoms with Crippen molar-refractivity contribution in [2.24, 2.45) is 5.41 Å². The van der Waals surface area contributed by atoms with Gasteiger partial charge in [-0.3, -0.25) is 9.78 Å². The van der Waals surface area contributed by atoms with E-state index in [1.807, 2.05) is 53.9 Å². The third-order valence-corrected chi connectivity index (χ3v) is 8.65. The molecule has 1 spiro atoms. The number of carbonyl (C=O) groups excluding carboxylic acids is 1. The number of halogens is 1. The van der Waals surface area contributed by atoms with E-state index < -0.39 is 0 Å². The van der Waals surface area contributed by atoms with Gasteiger partial charge in [-0.05, 0) is 31.6 Å². The number of nitrogens with zero attached hydrogens (tertiary/aromatic N) is 6. The molecule has 0 bridgehead atoms. The molecule has 37 heavy (non-hydrogen) atoms. The first-order chi connectivity index (χ1) is 17.9. The number of rotatable bonds is 4. The van der Waals surface area contributed by atoms with Crippen molar-refractivity contribution < 1.29 is 4.79 Å². The number of anilines is 1. The Morgan fingerprint density at radius 1 is 1.27 bits per heavy atom. The largest absolute Gasteiger partial charge is 0.355 e. The number of nitriles is 1. The maximum Gasteiger partial charge on any atom is 0.245 e. The van der Waals surface area contributed by atoms with Crippen LogP contribution in [0.5, 0.6) is 0 Å². The molecule has 0 unspecified atom stereocenters. The summed E-state index contributed by atoms with van der Waals surface area (Å²) in [5, 5.41) is 11.0. The lowest BCUT2D eigenvalue weighted by atomic mass is 9.79. The number of fused-ring (bicyclic) bond motifs is 1. The smallest absolute Gasteiger partial charge is 0.245 e. The number of carbonyl (C=O) groups is 1. The molecule has 2 aliphatic rings. The standard InChI is InChI=1S/C28H23ClN6OS/c1-3-23(36)35-14-28(15-35)8-9-34(13-28)27-20(11-30)24(19-6-4-5-7-21(19)29)25-22(33-27)10-18(12-31-25)26-17(2)32-16-37-26/h3-7,10,12,16H,1,8-9,13-15H2,2H3. The van der Waals surface area contributed by atoms with Gasteiger partial charge in [-0.2, -0.15) is 5.26 Å². The quantitative estimate of drug-likeness (QED) is 0.327. The van der Waals surface area contributed by atoms with Crippen LogP contribution in [0.4, 0.5) is 5.82 Å². The molecule has 2 fully saturated rings. The zero-order valence-corrected chi connectivity index (χ0v) is 21.8. The third-order valence-electron chi connectivity index (χ3n) is 7.34. The number of hydrogen-bond acceptors (Lipinski definition) is 7. The fraction of sp³-hybridized carbons (Fsp3) is 0.250. The second kappa shape index (κ2) is 8.94. The summed E-state index contributed by atoms with van der Waals surface area (Å²) in [5.74, 6) is 0.596. The Morgan fingerprint density at radius 2 is 2.08 bits per heavy atom. The van der Waals surface area contributed by atoms with Crippen molar-refractivity contribution in [2.75, 3.05) is 31.1 Å². The van der Waals surface area contributed by atoms with Gasteiger partial charge < -0.3 is 9.80 Å². The Balaban J connectivity index is 1.50. The van der Waals surface area contributed by atoms with E-state index in [4.69, 9.17) is 21.6 Å². The molecule has 5 heterocycles. The van der Waals surface area contributed by atoms with Crippen LogP contribution in [-0.2, 0) is 4.79 Å². The summed E-state index contributed by atoms with van der Waals surface area (Å²) in [6.45, 7) is 8.45. The Bertz CT molecular complexity index is 1620. The summed E-state index contributed by atoms with van der Waals surface area (Å²) in [4.78, 5) is 31.3. The second-order valence-electron chi connectivity index (χ2n) is 9.71. The van der Waals surface area contributed by atoms with Gasteiger partial charge in [0, 0.05) is 59.5 Å². The highest BCUT2D eigenvalue weighted by molar-refractivity contribution is 7.13. The molecule has 6 rings (SSSR count). The summed E-state index contributed by atoms with van der Waals surface area (Å²) in [7, 11) is 0. The van der Waals surface area contributed by atoms with Gasteiger partial charge in [-0.1, -0.05) is 36.4 Å². The zero-order valence-electron chi connectivity index (χ0n) is 20.2. The number of amides is 1. The summed E-state index contributed by atoms with van der Waals surface area (Å²) in [6, 6.07) is 12.0. The van der Waals surface area contributed by atoms with Gasteiger partial charge in [0.1, 0.15) is 17.5 Å². The Morgan fingerprint density at radius 3 is 2.78 bits per heavy atom. The number of hydrogen-bond donors (Lipinski definition) is 0. The minimum atomic E-state index is -0.0383. The van der Waals surface area contributed by atoms with Crippen molar-refractivity contribution >= 4 is 45.7 Å². The number of likely N-dealkylation sites (tertiary alicyclic amines) is 1. The molecular weight excluding hydrogens is 504 g/mol. The first-order valence-electron chi connectivity index (χ1n) is 12.0. The average molecular weight is 527 g/mol. The molecule has 0 saturated carbocycles. The summed E-state index contributed by atoms with van der Waals surface area (Å²) in [5.41, 5.74) is 6.96. The lowest BCUT2D eigenvalue weighted by Crippen LogP contribution is -2.59. The van der Waals surface area contributed by atoms with Crippen LogP contribution in [0.2, 0.25) is 5.02 Å². The van der Waals surface area contributed by atoms with Gasteiger partial charge in [0.05, 0.1) is 27.1 Å². The van der Waals surface area contributed by atoms with Crippen LogP contribution in [-0.4, -0.2) is 51.9 Å². The first-order valence-corrected chi connectivity index (χ1v) is 13.2. The van der Waals surface area contributed by atoms with Gasteiger partial charge in [0.15, 0.2) is 0 Å². The fourth-order valence-corrected chi connectivity index (χ4v) is 6.54. The summed E-state index contributed by atoms with van der Waals surface area (Å²) >= 11 is 8.21. The molecule has 9 heteroatoms. The Hall–Kier alpha value is -3.80. The van der Waals surface area contributed by atoms with Crippen LogP contribution >= 0.6 is 22.9 Å². The van der Waals surface area contributed by atoms with Crippen LogP contribution in [0.15, 0.2) is 54.7 Å². The molecule has 0 N–H and O–H groups in total. The van der Waals surface area contributed by atoms with E-state index in [0.29, 0.717) is 46.1 Å². The average Bonchev–Trinajstić information content (AvgIpc) is 3.53. The van der Waals surface area contributed by atoms with Gasteiger partial charge in [0.25, 0.3) is 0 Å². The topological polar surface area (TPSA) is 86.0 Å². The molecule has 2 aliphatic heterocycles. The Labute approximate surface area is 223 Å². The molecule has 2 saturated heterocycles. The highest BCUT2D eigenvalue weighted by Crippen LogP contribution is 2.45. The predicted molar refractivity (Wildman–Crippen MR) is 147 cm³/mol. The van der Waals surface area contributed by atoms with Gasteiger partial charge in [-0.15, -0.1) is 11.3 Å². The highest BCUT2D eigenvalue weighted by atomic mass is 35.5. The molecule has 0 aliphatic carbocycles. The van der Waals surface area contributed by atoms with Gasteiger partial charge in [-0.25, -0.2) is 9.97 Å². The fourth-order valence-electron chi connectivity index (χ4n) is 5.52. The highest BCUT2D eigenvalue weighted by Gasteiger charge is 2.49. The van der Waals surface area contributed by atoms with E-state index in [-0.39, 0.29) is 11.3 Å². The summed E-state index contributed by atoms with van der Waals surface area (Å²) < 4.78 is 0. The molecule has 7 nitrogen and oxygen atoms in total. The van der Waals surface area contributed by atoms with Crippen LogP contribution < -0.4 is 4.90 Å². The van der Waals surface area contributed by atoms with Crippen molar-refractivity contribution in [3.8, 4) is 27.6 Å². The zero-order chi connectivity index (χ0) is 25.7. The molecule has 1 aromatic carbocycles. The Kier molecular flexibility index (Phi) is 5.70. The van der Waals surface area contributed by atoms with E-state index >= 15 is 0 Å². The van der Waals surface area contributed by atoms with Crippen molar-refractivity contribution in [3.05, 3.63) is 71.0 Å². The molecule has 0 atom stereocenters. The van der Waals surface area contributed by atoms with Gasteiger partial charge >= 0.3 is 0 Å².